The number of carbonyl (C=O) groups excluding carboxylic acids is 1. The van der Waals surface area contributed by atoms with Crippen LogP contribution in [0.5, 0.6) is 0 Å². The molecule has 0 spiro atoms. The van der Waals surface area contributed by atoms with Crippen molar-refractivity contribution in [2.75, 3.05) is 5.32 Å². The Kier molecular flexibility index (Phi) is 7.47. The number of aryl methyl sites for hydroxylation is 1. The van der Waals surface area contributed by atoms with Crippen LogP contribution in [0, 0.1) is 14.9 Å². The molecule has 0 aromatic heterocycles. The quantitative estimate of drug-likeness (QED) is 0.555. The molecule has 0 saturated carbocycles. The smallest absolute Gasteiger partial charge is 0.358 e. The molecule has 0 saturated heterocycles. The van der Waals surface area contributed by atoms with E-state index in [-0.39, 0.29) is 42.5 Å². The Morgan fingerprint density at radius 3 is 2.22 bits per heavy atom. The van der Waals surface area contributed by atoms with Gasteiger partial charge in [0.2, 0.25) is 5.91 Å². The van der Waals surface area contributed by atoms with Crippen LogP contribution in [0.4, 0.5) is 5.69 Å². The van der Waals surface area contributed by atoms with Crippen molar-refractivity contribution in [2.45, 2.75) is 33.6 Å². The topological polar surface area (TPSA) is 29.1 Å². The first-order chi connectivity index (χ1) is 9.50. The van der Waals surface area contributed by atoms with E-state index in [0.717, 1.165) is 23.2 Å². The summed E-state index contributed by atoms with van der Waals surface area (Å²) in [5.74, 6) is 0.105. The van der Waals surface area contributed by atoms with Gasteiger partial charge in [0, 0.05) is 12.0 Å². The Morgan fingerprint density at radius 1 is 1.00 bits per heavy atom. The standard InChI is InChI=1S/C18H19NO.2CH3.Ti/c1-10-11(2)13(4)17(12(10)3)15-7-5-6-14-8-9-16(20)19-18(14)15;;;/h5-7H,3,8-9H2,1-2,4H3,(H,19,20);2*1H3;/q;2*-1;+2. The van der Waals surface area contributed by atoms with Crippen LogP contribution in [0.25, 0.3) is 5.57 Å². The van der Waals surface area contributed by atoms with Gasteiger partial charge in [-0.15, -0.1) is 0 Å². The van der Waals surface area contributed by atoms with Crippen molar-refractivity contribution in [3.63, 3.8) is 0 Å². The summed E-state index contributed by atoms with van der Waals surface area (Å²) in [6.07, 6.45) is 1.39. The molecule has 2 aliphatic rings. The van der Waals surface area contributed by atoms with Crippen LogP contribution in [-0.4, -0.2) is 5.91 Å². The molecule has 1 aliphatic carbocycles. The van der Waals surface area contributed by atoms with Crippen molar-refractivity contribution in [1.29, 1.82) is 0 Å². The molecule has 120 valence electrons. The summed E-state index contributed by atoms with van der Waals surface area (Å²) in [7, 11) is 0. The number of anilines is 1. The Bertz CT molecular complexity index is 710. The summed E-state index contributed by atoms with van der Waals surface area (Å²) >= 11 is 0. The molecule has 0 fully saturated rings. The number of amides is 1. The first-order valence-electron chi connectivity index (χ1n) is 7.01. The number of nitrogens with one attached hydrogen (secondary N) is 1. The number of hydrogen-bond donors (Lipinski definition) is 1. The molecule has 0 radical (unpaired) electrons. The number of hydrogen-bond acceptors (Lipinski definition) is 1. The SMILES string of the molecule is C=C1C(C)=C(C)C(C)=C1c1cccc2c1NC(=O)CC2.[CH3-].[CH3-].[Ti+2]. The largest absolute Gasteiger partial charge is 2.00 e. The monoisotopic (exact) mass is 343 g/mol. The normalized spacial score (nSPS) is 16.1. The van der Waals surface area contributed by atoms with Crippen molar-refractivity contribution in [2.24, 2.45) is 0 Å². The third-order valence-electron chi connectivity index (χ3n) is 4.56. The van der Waals surface area contributed by atoms with Crippen LogP contribution < -0.4 is 5.32 Å². The van der Waals surface area contributed by atoms with E-state index in [1.54, 1.807) is 0 Å². The first-order valence-corrected chi connectivity index (χ1v) is 7.01. The Morgan fingerprint density at radius 2 is 1.65 bits per heavy atom. The van der Waals surface area contributed by atoms with Crippen LogP contribution in [-0.2, 0) is 32.9 Å². The minimum atomic E-state index is 0. The molecule has 1 N–H and O–H groups in total. The minimum absolute atomic E-state index is 0. The summed E-state index contributed by atoms with van der Waals surface area (Å²) in [4.78, 5) is 11.7. The van der Waals surface area contributed by atoms with Gasteiger partial charge in [0.15, 0.2) is 0 Å². The second kappa shape index (κ2) is 7.94. The summed E-state index contributed by atoms with van der Waals surface area (Å²) in [6.45, 7) is 10.6. The number of para-hydroxylation sites is 1. The van der Waals surface area contributed by atoms with E-state index in [2.05, 4.69) is 50.9 Å². The van der Waals surface area contributed by atoms with Gasteiger partial charge in [0.25, 0.3) is 0 Å². The molecule has 1 aromatic carbocycles. The van der Waals surface area contributed by atoms with Crippen molar-refractivity contribution >= 4 is 17.2 Å². The van der Waals surface area contributed by atoms with Crippen molar-refractivity contribution in [3.05, 3.63) is 73.1 Å². The average molecular weight is 343 g/mol. The van der Waals surface area contributed by atoms with Crippen molar-refractivity contribution in [3.8, 4) is 0 Å². The molecular weight excluding hydrogens is 318 g/mol. The van der Waals surface area contributed by atoms with E-state index >= 15 is 0 Å². The summed E-state index contributed by atoms with van der Waals surface area (Å²) in [5.41, 5.74) is 9.36. The second-order valence-electron chi connectivity index (χ2n) is 5.62. The molecule has 1 aliphatic heterocycles. The van der Waals surface area contributed by atoms with E-state index in [1.165, 1.54) is 27.9 Å². The zero-order chi connectivity index (χ0) is 14.4. The van der Waals surface area contributed by atoms with E-state index in [4.69, 9.17) is 0 Å². The maximum Gasteiger partial charge on any atom is 2.00 e. The van der Waals surface area contributed by atoms with E-state index in [1.807, 2.05) is 0 Å². The maximum atomic E-state index is 11.7. The van der Waals surface area contributed by atoms with Gasteiger partial charge in [-0.1, -0.05) is 24.8 Å². The third-order valence-corrected chi connectivity index (χ3v) is 4.56. The predicted molar refractivity (Wildman–Crippen MR) is 96.3 cm³/mol. The Hall–Kier alpha value is -1.38. The summed E-state index contributed by atoms with van der Waals surface area (Å²) in [6, 6.07) is 6.25. The fraction of sp³-hybridized carbons (Fsp3) is 0.250. The molecule has 2 nitrogen and oxygen atoms in total. The summed E-state index contributed by atoms with van der Waals surface area (Å²) < 4.78 is 0. The predicted octanol–water partition coefficient (Wildman–Crippen LogP) is 5.15. The molecule has 3 heteroatoms. The molecule has 0 atom stereocenters. The number of benzene rings is 1. The van der Waals surface area contributed by atoms with Crippen LogP contribution in [0.3, 0.4) is 0 Å². The molecule has 0 unspecified atom stereocenters. The van der Waals surface area contributed by atoms with Crippen LogP contribution in [0.1, 0.15) is 38.3 Å². The fourth-order valence-electron chi connectivity index (χ4n) is 3.09. The van der Waals surface area contributed by atoms with E-state index in [9.17, 15) is 4.79 Å². The van der Waals surface area contributed by atoms with Crippen LogP contribution >= 0.6 is 0 Å². The number of rotatable bonds is 1. The fourth-order valence-corrected chi connectivity index (χ4v) is 3.09. The van der Waals surface area contributed by atoms with Gasteiger partial charge in [-0.05, 0) is 60.6 Å². The molecule has 0 bridgehead atoms. The molecular formula is C20H25NOTi. The van der Waals surface area contributed by atoms with E-state index in [0.29, 0.717) is 6.42 Å². The zero-order valence-corrected chi connectivity index (χ0v) is 16.3. The number of allylic oxidation sites excluding steroid dienone is 5. The second-order valence-corrected chi connectivity index (χ2v) is 5.62. The van der Waals surface area contributed by atoms with Gasteiger partial charge in [0.1, 0.15) is 0 Å². The van der Waals surface area contributed by atoms with Gasteiger partial charge < -0.3 is 20.2 Å². The van der Waals surface area contributed by atoms with Gasteiger partial charge in [-0.3, -0.25) is 4.79 Å². The number of carbonyl (C=O) groups is 1. The average Bonchev–Trinajstić information content (AvgIpc) is 2.63. The summed E-state index contributed by atoms with van der Waals surface area (Å²) in [5, 5.41) is 3.04. The van der Waals surface area contributed by atoms with E-state index < -0.39 is 0 Å². The van der Waals surface area contributed by atoms with Crippen molar-refractivity contribution < 1.29 is 26.5 Å². The minimum Gasteiger partial charge on any atom is -0.358 e. The van der Waals surface area contributed by atoms with Crippen LogP contribution in [0.15, 0.2) is 47.1 Å². The van der Waals surface area contributed by atoms with Gasteiger partial charge >= 0.3 is 21.7 Å². The van der Waals surface area contributed by atoms with Crippen molar-refractivity contribution in [1.82, 2.24) is 0 Å². The third kappa shape index (κ3) is 3.44. The molecule has 3 rings (SSSR count). The van der Waals surface area contributed by atoms with Gasteiger partial charge in [-0.2, -0.15) is 0 Å². The molecule has 1 amide bonds. The first kappa shape index (κ1) is 21.6. The maximum absolute atomic E-state index is 11.7. The molecule has 1 heterocycles. The Balaban J connectivity index is 0.00000161. The number of fused-ring (bicyclic) bond motifs is 1. The van der Waals surface area contributed by atoms with Gasteiger partial charge in [-0.25, -0.2) is 0 Å². The zero-order valence-electron chi connectivity index (χ0n) is 14.8. The van der Waals surface area contributed by atoms with Gasteiger partial charge in [0.05, 0.1) is 5.69 Å². The molecule has 1 aromatic rings. The van der Waals surface area contributed by atoms with Crippen LogP contribution in [0.2, 0.25) is 0 Å². The molecule has 23 heavy (non-hydrogen) atoms. The Labute approximate surface area is 155 Å².